The van der Waals surface area contributed by atoms with E-state index < -0.39 is 26.2 Å². The van der Waals surface area contributed by atoms with Crippen LogP contribution in [0.5, 0.6) is 5.75 Å². The van der Waals surface area contributed by atoms with Crippen LogP contribution in [0.25, 0.3) is 22.3 Å². The van der Waals surface area contributed by atoms with Gasteiger partial charge in [0.2, 0.25) is 10.0 Å². The Morgan fingerprint density at radius 2 is 1.89 bits per heavy atom. The molecule has 192 valence electrons. The monoisotopic (exact) mass is 535 g/mol. The van der Waals surface area contributed by atoms with Crippen molar-refractivity contribution in [1.82, 2.24) is 19.2 Å². The van der Waals surface area contributed by atoms with E-state index in [4.69, 9.17) is 16.3 Å². The number of nitrogens with one attached hydrogen (secondary N) is 1. The van der Waals surface area contributed by atoms with Crippen molar-refractivity contribution < 1.29 is 18.1 Å². The fourth-order valence-electron chi connectivity index (χ4n) is 4.04. The SMILES string of the molecule is CCCOc1ccc(S(=O)(=O)N2CCN(CC)CC2)cc1-c1nc2cc(Cl)c([N+](=O)[O-])cc2c(=O)[nH]1. The Balaban J connectivity index is 1.82. The molecule has 1 aromatic heterocycles. The zero-order valence-corrected chi connectivity index (χ0v) is 21.4. The molecule has 1 saturated heterocycles. The molecule has 0 aliphatic carbocycles. The summed E-state index contributed by atoms with van der Waals surface area (Å²) in [5.74, 6) is 0.415. The molecule has 0 amide bonds. The van der Waals surface area contributed by atoms with Gasteiger partial charge in [-0.3, -0.25) is 14.9 Å². The molecular formula is C23H26ClN5O6S. The molecule has 0 saturated carbocycles. The van der Waals surface area contributed by atoms with Gasteiger partial charge in [-0.05, 0) is 37.2 Å². The summed E-state index contributed by atoms with van der Waals surface area (Å²) in [6, 6.07) is 6.78. The van der Waals surface area contributed by atoms with E-state index in [0.717, 1.165) is 12.6 Å². The molecule has 0 atom stereocenters. The highest BCUT2D eigenvalue weighted by Crippen LogP contribution is 2.33. The number of hydrogen-bond acceptors (Lipinski definition) is 8. The van der Waals surface area contributed by atoms with E-state index in [0.29, 0.717) is 45.0 Å². The van der Waals surface area contributed by atoms with Crippen molar-refractivity contribution in [1.29, 1.82) is 0 Å². The number of aromatic nitrogens is 2. The normalized spacial score (nSPS) is 15.3. The highest BCUT2D eigenvalue weighted by atomic mass is 35.5. The molecule has 0 bridgehead atoms. The van der Waals surface area contributed by atoms with Crippen LogP contribution in [0.15, 0.2) is 40.0 Å². The number of H-pyrrole nitrogens is 1. The molecule has 2 aromatic carbocycles. The van der Waals surface area contributed by atoms with Crippen LogP contribution in [0.4, 0.5) is 5.69 Å². The Bertz CT molecular complexity index is 1470. The van der Waals surface area contributed by atoms with Gasteiger partial charge in [0.15, 0.2) is 0 Å². The van der Waals surface area contributed by atoms with E-state index in [1.807, 2.05) is 13.8 Å². The second-order valence-electron chi connectivity index (χ2n) is 8.34. The van der Waals surface area contributed by atoms with Gasteiger partial charge in [-0.1, -0.05) is 25.4 Å². The van der Waals surface area contributed by atoms with E-state index in [1.54, 1.807) is 6.07 Å². The summed E-state index contributed by atoms with van der Waals surface area (Å²) in [5, 5.41) is 11.0. The highest BCUT2D eigenvalue weighted by molar-refractivity contribution is 7.89. The van der Waals surface area contributed by atoms with Crippen LogP contribution in [0, 0.1) is 10.1 Å². The predicted molar refractivity (Wildman–Crippen MR) is 136 cm³/mol. The number of benzene rings is 2. The van der Waals surface area contributed by atoms with E-state index in [-0.39, 0.29) is 32.2 Å². The molecule has 1 aliphatic heterocycles. The lowest BCUT2D eigenvalue weighted by Crippen LogP contribution is -2.48. The van der Waals surface area contributed by atoms with Crippen LogP contribution in [0.3, 0.4) is 0 Å². The number of nitro groups is 1. The molecule has 11 nitrogen and oxygen atoms in total. The van der Waals surface area contributed by atoms with Crippen molar-refractivity contribution in [3.05, 3.63) is 55.8 Å². The smallest absolute Gasteiger partial charge is 0.288 e. The lowest BCUT2D eigenvalue weighted by atomic mass is 10.1. The Kier molecular flexibility index (Phi) is 7.59. The number of rotatable bonds is 8. The first-order valence-electron chi connectivity index (χ1n) is 11.5. The lowest BCUT2D eigenvalue weighted by Gasteiger charge is -2.33. The molecule has 36 heavy (non-hydrogen) atoms. The van der Waals surface area contributed by atoms with Gasteiger partial charge in [-0.25, -0.2) is 13.4 Å². The van der Waals surface area contributed by atoms with Gasteiger partial charge < -0.3 is 14.6 Å². The van der Waals surface area contributed by atoms with Gasteiger partial charge in [0.1, 0.15) is 16.6 Å². The first-order valence-corrected chi connectivity index (χ1v) is 13.3. The molecule has 13 heteroatoms. The van der Waals surface area contributed by atoms with E-state index in [2.05, 4.69) is 14.9 Å². The zero-order chi connectivity index (χ0) is 26.0. The molecular weight excluding hydrogens is 510 g/mol. The summed E-state index contributed by atoms with van der Waals surface area (Å²) in [5.41, 5.74) is -0.618. The minimum atomic E-state index is -3.80. The van der Waals surface area contributed by atoms with Gasteiger partial charge >= 0.3 is 0 Å². The molecule has 4 rings (SSSR count). The van der Waals surface area contributed by atoms with Crippen LogP contribution in [-0.4, -0.2) is 71.8 Å². The summed E-state index contributed by atoms with van der Waals surface area (Å²) in [6.07, 6.45) is 0.710. The van der Waals surface area contributed by atoms with Crippen LogP contribution in [-0.2, 0) is 10.0 Å². The second-order valence-corrected chi connectivity index (χ2v) is 10.7. The minimum absolute atomic E-state index is 0.0107. The number of nitro benzene ring substituents is 1. The number of fused-ring (bicyclic) bond motifs is 1. The van der Waals surface area contributed by atoms with E-state index in [1.165, 1.54) is 22.5 Å². The van der Waals surface area contributed by atoms with Gasteiger partial charge in [0.25, 0.3) is 11.2 Å². The first kappa shape index (κ1) is 26.0. The summed E-state index contributed by atoms with van der Waals surface area (Å²) < 4.78 is 34.1. The van der Waals surface area contributed by atoms with Crippen LogP contribution in [0.2, 0.25) is 5.02 Å². The summed E-state index contributed by atoms with van der Waals surface area (Å²) in [4.78, 5) is 32.7. The third-order valence-electron chi connectivity index (χ3n) is 6.05. The van der Waals surface area contributed by atoms with E-state index in [9.17, 15) is 23.3 Å². The molecule has 1 N–H and O–H groups in total. The van der Waals surface area contributed by atoms with Crippen LogP contribution in [0.1, 0.15) is 20.3 Å². The average Bonchev–Trinajstić information content (AvgIpc) is 2.86. The number of halogens is 1. The second kappa shape index (κ2) is 10.5. The summed E-state index contributed by atoms with van der Waals surface area (Å²) in [7, 11) is -3.80. The van der Waals surface area contributed by atoms with Gasteiger partial charge in [0.05, 0.1) is 32.9 Å². The van der Waals surface area contributed by atoms with Crippen molar-refractivity contribution in [2.45, 2.75) is 25.2 Å². The summed E-state index contributed by atoms with van der Waals surface area (Å²) in [6.45, 7) is 7.24. The Morgan fingerprint density at radius 3 is 2.53 bits per heavy atom. The molecule has 2 heterocycles. The van der Waals surface area contributed by atoms with E-state index >= 15 is 0 Å². The van der Waals surface area contributed by atoms with Gasteiger partial charge in [-0.2, -0.15) is 4.31 Å². The molecule has 0 radical (unpaired) electrons. The fraction of sp³-hybridized carbons (Fsp3) is 0.391. The maximum atomic E-state index is 13.4. The number of ether oxygens (including phenoxy) is 1. The predicted octanol–water partition coefficient (Wildman–Crippen LogP) is 3.27. The number of piperazine rings is 1. The largest absolute Gasteiger partial charge is 0.493 e. The number of hydrogen-bond donors (Lipinski definition) is 1. The fourth-order valence-corrected chi connectivity index (χ4v) is 5.72. The standard InChI is InChI=1S/C23H26ClN5O6S/c1-3-11-35-21-6-5-15(36(33,34)28-9-7-27(4-2)8-10-28)12-17(21)22-25-19-14-18(24)20(29(31)32)13-16(19)23(30)26-22/h5-6,12-14H,3-4,7-11H2,1-2H3,(H,25,26,30). The molecule has 0 unspecified atom stereocenters. The highest BCUT2D eigenvalue weighted by Gasteiger charge is 2.29. The van der Waals surface area contributed by atoms with Crippen molar-refractivity contribution in [2.75, 3.05) is 39.3 Å². The quantitative estimate of drug-likeness (QED) is 0.342. The topological polar surface area (TPSA) is 139 Å². The molecule has 1 aliphatic rings. The summed E-state index contributed by atoms with van der Waals surface area (Å²) >= 11 is 6.03. The van der Waals surface area contributed by atoms with Crippen molar-refractivity contribution in [3.63, 3.8) is 0 Å². The first-order chi connectivity index (χ1) is 17.1. The number of nitrogens with zero attached hydrogens (tertiary/aromatic N) is 4. The molecule has 3 aromatic rings. The third-order valence-corrected chi connectivity index (χ3v) is 8.25. The minimum Gasteiger partial charge on any atom is -0.493 e. The average molecular weight is 536 g/mol. The lowest BCUT2D eigenvalue weighted by molar-refractivity contribution is -0.384. The Labute approximate surface area is 212 Å². The van der Waals surface area contributed by atoms with Crippen molar-refractivity contribution in [2.24, 2.45) is 0 Å². The zero-order valence-electron chi connectivity index (χ0n) is 19.9. The maximum Gasteiger partial charge on any atom is 0.288 e. The number of aromatic amines is 1. The van der Waals surface area contributed by atoms with Crippen LogP contribution < -0.4 is 10.3 Å². The van der Waals surface area contributed by atoms with Crippen LogP contribution >= 0.6 is 11.6 Å². The Morgan fingerprint density at radius 1 is 1.17 bits per heavy atom. The third kappa shape index (κ3) is 5.07. The van der Waals surface area contributed by atoms with Gasteiger partial charge in [0, 0.05) is 32.2 Å². The molecule has 0 spiro atoms. The Hall–Kier alpha value is -3.06. The van der Waals surface area contributed by atoms with Gasteiger partial charge in [-0.15, -0.1) is 0 Å². The maximum absolute atomic E-state index is 13.4. The number of likely N-dealkylation sites (N-methyl/N-ethyl adjacent to an activating group) is 1. The molecule has 1 fully saturated rings. The number of sulfonamides is 1. The van der Waals surface area contributed by atoms with Crippen molar-refractivity contribution in [3.8, 4) is 17.1 Å². The van der Waals surface area contributed by atoms with Crippen molar-refractivity contribution >= 4 is 38.2 Å².